The quantitative estimate of drug-likeness (QED) is 0.286. The van der Waals surface area contributed by atoms with Crippen molar-refractivity contribution in [2.75, 3.05) is 4.90 Å². The van der Waals surface area contributed by atoms with Crippen molar-refractivity contribution in [1.29, 1.82) is 0 Å². The molecule has 1 saturated carbocycles. The average Bonchev–Trinajstić information content (AvgIpc) is 3.09. The SMILES string of the molecule is CCC1CCCc2ncc(N(c3ccccc3)c3cnc4c(c3Cl)C(CC)CC3CCCC4C3)c(Cl)c2C(CC)C1. The molecule has 5 unspecified atom stereocenters. The van der Waals surface area contributed by atoms with Crippen LogP contribution in [0.1, 0.15) is 132 Å². The van der Waals surface area contributed by atoms with E-state index in [-0.39, 0.29) is 0 Å². The van der Waals surface area contributed by atoms with Gasteiger partial charge >= 0.3 is 0 Å². The maximum atomic E-state index is 7.55. The van der Waals surface area contributed by atoms with Gasteiger partial charge in [-0.3, -0.25) is 9.97 Å². The number of nitrogens with zero attached hydrogens (tertiary/aromatic N) is 3. The zero-order chi connectivity index (χ0) is 28.5. The van der Waals surface area contributed by atoms with Crippen molar-refractivity contribution < 1.29 is 0 Å². The molecule has 218 valence electrons. The summed E-state index contributed by atoms with van der Waals surface area (Å²) in [5.74, 6) is 2.90. The van der Waals surface area contributed by atoms with E-state index in [1.165, 1.54) is 80.3 Å². The Balaban J connectivity index is 1.53. The highest BCUT2D eigenvalue weighted by Gasteiger charge is 2.36. The summed E-state index contributed by atoms with van der Waals surface area (Å²) in [5, 5.41) is 1.68. The Hall–Kier alpha value is -2.10. The summed E-state index contributed by atoms with van der Waals surface area (Å²) < 4.78 is 0. The molecule has 0 spiro atoms. The maximum absolute atomic E-state index is 7.55. The van der Waals surface area contributed by atoms with Gasteiger partial charge in [-0.25, -0.2) is 0 Å². The fourth-order valence-electron chi connectivity index (χ4n) is 8.24. The van der Waals surface area contributed by atoms with Crippen LogP contribution >= 0.6 is 23.2 Å². The minimum absolute atomic E-state index is 0.414. The zero-order valence-corrected chi connectivity index (χ0v) is 26.5. The van der Waals surface area contributed by atoms with E-state index < -0.39 is 0 Å². The molecule has 5 atom stereocenters. The number of para-hydroxylation sites is 1. The van der Waals surface area contributed by atoms with Crippen LogP contribution in [0.15, 0.2) is 42.7 Å². The Bertz CT molecular complexity index is 1360. The lowest BCUT2D eigenvalue weighted by Gasteiger charge is -2.32. The number of fused-ring (bicyclic) bond motifs is 5. The lowest BCUT2D eigenvalue weighted by atomic mass is 9.79. The topological polar surface area (TPSA) is 29.0 Å². The van der Waals surface area contributed by atoms with E-state index in [1.54, 1.807) is 0 Å². The molecule has 0 aliphatic heterocycles. The average molecular weight is 591 g/mol. The second-order valence-electron chi connectivity index (χ2n) is 12.8. The lowest BCUT2D eigenvalue weighted by molar-refractivity contribution is 0.301. The molecule has 3 aliphatic carbocycles. The standard InChI is InChI=1S/C36H45Cl2N3/c1-4-23-12-11-17-29-32(25(5-2)18-23)34(37)30(21-39-29)41(28-15-8-7-9-16-28)31-22-40-36-27-14-10-13-24(20-27)19-26(6-3)33(36)35(31)38/h7-9,15-16,21-27H,4-6,10-14,17-20H2,1-3H3. The van der Waals surface area contributed by atoms with Crippen LogP contribution in [0, 0.1) is 11.8 Å². The number of rotatable bonds is 6. The first-order valence-corrected chi connectivity index (χ1v) is 17.0. The third-order valence-corrected chi connectivity index (χ3v) is 11.3. The summed E-state index contributed by atoms with van der Waals surface area (Å²) >= 11 is 15.1. The molecule has 3 aromatic rings. The zero-order valence-electron chi connectivity index (χ0n) is 25.0. The van der Waals surface area contributed by atoms with Crippen LogP contribution in [-0.2, 0) is 6.42 Å². The highest BCUT2D eigenvalue weighted by Crippen LogP contribution is 2.53. The molecule has 0 saturated heterocycles. The Morgan fingerprint density at radius 3 is 2.20 bits per heavy atom. The highest BCUT2D eigenvalue weighted by molar-refractivity contribution is 6.36. The molecule has 1 fully saturated rings. The van der Waals surface area contributed by atoms with Crippen molar-refractivity contribution in [2.24, 2.45) is 11.8 Å². The molecule has 3 aliphatic rings. The van der Waals surface area contributed by atoms with E-state index >= 15 is 0 Å². The second-order valence-corrected chi connectivity index (χ2v) is 13.6. The van der Waals surface area contributed by atoms with E-state index in [2.05, 4.69) is 56.0 Å². The largest absolute Gasteiger partial charge is 0.305 e. The predicted molar refractivity (Wildman–Crippen MR) is 173 cm³/mol. The van der Waals surface area contributed by atoms with Gasteiger partial charge in [-0.05, 0) is 98.3 Å². The van der Waals surface area contributed by atoms with Gasteiger partial charge in [-0.2, -0.15) is 0 Å². The van der Waals surface area contributed by atoms with Gasteiger partial charge in [0.25, 0.3) is 0 Å². The molecule has 41 heavy (non-hydrogen) atoms. The fraction of sp³-hybridized carbons (Fsp3) is 0.556. The summed E-state index contributed by atoms with van der Waals surface area (Å²) in [7, 11) is 0. The van der Waals surface area contributed by atoms with Crippen molar-refractivity contribution in [3.63, 3.8) is 0 Å². The second kappa shape index (κ2) is 12.6. The summed E-state index contributed by atoms with van der Waals surface area (Å²) in [5.41, 5.74) is 7.83. The molecule has 3 nitrogen and oxygen atoms in total. The molecule has 0 N–H and O–H groups in total. The molecular weight excluding hydrogens is 545 g/mol. The van der Waals surface area contributed by atoms with E-state index in [4.69, 9.17) is 33.2 Å². The van der Waals surface area contributed by atoms with Gasteiger partial charge in [0.05, 0.1) is 33.8 Å². The van der Waals surface area contributed by atoms with Gasteiger partial charge in [0, 0.05) is 23.0 Å². The first kappa shape index (κ1) is 29.0. The first-order chi connectivity index (χ1) is 20.0. The van der Waals surface area contributed by atoms with E-state index in [0.717, 1.165) is 58.2 Å². The van der Waals surface area contributed by atoms with Crippen LogP contribution in [0.2, 0.25) is 10.0 Å². The molecule has 6 rings (SSSR count). The monoisotopic (exact) mass is 589 g/mol. The predicted octanol–water partition coefficient (Wildman–Crippen LogP) is 11.7. The Labute approximate surface area is 257 Å². The van der Waals surface area contributed by atoms with Crippen LogP contribution < -0.4 is 4.90 Å². The molecular formula is C36H45Cl2N3. The van der Waals surface area contributed by atoms with Gasteiger partial charge < -0.3 is 4.90 Å². The maximum Gasteiger partial charge on any atom is 0.0836 e. The van der Waals surface area contributed by atoms with Gasteiger partial charge in [0.1, 0.15) is 0 Å². The van der Waals surface area contributed by atoms with Crippen molar-refractivity contribution in [2.45, 2.75) is 116 Å². The normalized spacial score (nSPS) is 25.8. The molecule has 5 heteroatoms. The minimum Gasteiger partial charge on any atom is -0.305 e. The number of halogens is 2. The number of benzene rings is 1. The van der Waals surface area contributed by atoms with Gasteiger partial charge in [0.15, 0.2) is 0 Å². The molecule has 2 heterocycles. The number of aryl methyl sites for hydroxylation is 1. The number of pyridine rings is 2. The van der Waals surface area contributed by atoms with Crippen LogP contribution in [-0.4, -0.2) is 9.97 Å². The molecule has 0 amide bonds. The van der Waals surface area contributed by atoms with Crippen LogP contribution in [0.3, 0.4) is 0 Å². The van der Waals surface area contributed by atoms with Crippen LogP contribution in [0.4, 0.5) is 17.1 Å². The highest BCUT2D eigenvalue weighted by atomic mass is 35.5. The third kappa shape index (κ3) is 5.54. The van der Waals surface area contributed by atoms with Crippen molar-refractivity contribution >= 4 is 40.3 Å². The Morgan fingerprint density at radius 1 is 0.756 bits per heavy atom. The van der Waals surface area contributed by atoms with Crippen LogP contribution in [0.25, 0.3) is 0 Å². The first-order valence-electron chi connectivity index (χ1n) is 16.2. The number of hydrogen-bond donors (Lipinski definition) is 0. The van der Waals surface area contributed by atoms with Gasteiger partial charge in [-0.15, -0.1) is 0 Å². The van der Waals surface area contributed by atoms with Crippen LogP contribution in [0.5, 0.6) is 0 Å². The summed E-state index contributed by atoms with van der Waals surface area (Å²) in [6.45, 7) is 6.94. The molecule has 0 radical (unpaired) electrons. The molecule has 1 aromatic carbocycles. The van der Waals surface area contributed by atoms with Crippen molar-refractivity contribution in [3.05, 3.63) is 75.3 Å². The minimum atomic E-state index is 0.414. The molecule has 2 aromatic heterocycles. The summed E-state index contributed by atoms with van der Waals surface area (Å²) in [4.78, 5) is 12.6. The smallest absolute Gasteiger partial charge is 0.0836 e. The lowest BCUT2D eigenvalue weighted by Crippen LogP contribution is -2.19. The van der Waals surface area contributed by atoms with Crippen molar-refractivity contribution in [3.8, 4) is 0 Å². The number of hydrogen-bond acceptors (Lipinski definition) is 3. The summed E-state index contributed by atoms with van der Waals surface area (Å²) in [6.07, 6.45) is 18.4. The van der Waals surface area contributed by atoms with E-state index in [0.29, 0.717) is 17.8 Å². The number of anilines is 3. The Kier molecular flexibility index (Phi) is 8.94. The van der Waals surface area contributed by atoms with Crippen molar-refractivity contribution in [1.82, 2.24) is 9.97 Å². The third-order valence-electron chi connectivity index (χ3n) is 10.5. The number of aromatic nitrogens is 2. The van der Waals surface area contributed by atoms with E-state index in [9.17, 15) is 0 Å². The van der Waals surface area contributed by atoms with E-state index in [1.807, 2.05) is 12.4 Å². The Morgan fingerprint density at radius 2 is 1.46 bits per heavy atom. The van der Waals surface area contributed by atoms with Gasteiger partial charge in [0.2, 0.25) is 0 Å². The molecule has 2 bridgehead atoms. The summed E-state index contributed by atoms with van der Waals surface area (Å²) in [6, 6.07) is 10.5. The van der Waals surface area contributed by atoms with Gasteiger partial charge in [-0.1, -0.05) is 87.9 Å². The fourth-order valence-corrected chi connectivity index (χ4v) is 9.03.